The van der Waals surface area contributed by atoms with Crippen LogP contribution in [0.25, 0.3) is 0 Å². The molecule has 212 valence electrons. The van der Waals surface area contributed by atoms with Gasteiger partial charge in [-0.15, -0.1) is 0 Å². The molecule has 0 spiro atoms. The van der Waals surface area contributed by atoms with Crippen LogP contribution in [0, 0.1) is 5.82 Å². The third-order valence-electron chi connectivity index (χ3n) is 7.16. The van der Waals surface area contributed by atoms with Crippen molar-refractivity contribution in [3.05, 3.63) is 94.8 Å². The van der Waals surface area contributed by atoms with Crippen molar-refractivity contribution in [1.29, 1.82) is 0 Å². The van der Waals surface area contributed by atoms with Gasteiger partial charge in [0.25, 0.3) is 5.91 Å². The minimum absolute atomic E-state index is 0.120. The second-order valence-corrected chi connectivity index (χ2v) is 10.0. The third kappa shape index (κ3) is 5.68. The van der Waals surface area contributed by atoms with E-state index in [2.05, 4.69) is 11.6 Å². The predicted octanol–water partition coefficient (Wildman–Crippen LogP) is 6.65. The number of ether oxygens (including phenoxy) is 4. The van der Waals surface area contributed by atoms with Crippen molar-refractivity contribution in [2.75, 3.05) is 32.3 Å². The number of carbonyl (C=O) groups excluding carboxylic acids is 1. The molecular formula is C33H33FN2O5. The Morgan fingerprint density at radius 1 is 1.05 bits per heavy atom. The molecule has 3 aromatic carbocycles. The van der Waals surface area contributed by atoms with E-state index in [4.69, 9.17) is 18.9 Å². The topological polar surface area (TPSA) is 69.6 Å². The van der Waals surface area contributed by atoms with Gasteiger partial charge in [0, 0.05) is 30.5 Å². The summed E-state index contributed by atoms with van der Waals surface area (Å²) in [6.45, 7) is 8.24. The Balaban J connectivity index is 1.27. The van der Waals surface area contributed by atoms with Crippen LogP contribution in [0.15, 0.2) is 77.3 Å². The second-order valence-electron chi connectivity index (χ2n) is 10.0. The Hall–Kier alpha value is -4.59. The first-order valence-corrected chi connectivity index (χ1v) is 13.5. The highest BCUT2D eigenvalue weighted by Crippen LogP contribution is 2.41. The Morgan fingerprint density at radius 3 is 2.51 bits per heavy atom. The number of para-hydroxylation sites is 1. The molecule has 0 fully saturated rings. The van der Waals surface area contributed by atoms with Gasteiger partial charge in [0.15, 0.2) is 23.0 Å². The Kier molecular flexibility index (Phi) is 8.10. The summed E-state index contributed by atoms with van der Waals surface area (Å²) >= 11 is 0. The minimum Gasteiger partial charge on any atom is -0.493 e. The zero-order chi connectivity index (χ0) is 29.1. The van der Waals surface area contributed by atoms with E-state index < -0.39 is 0 Å². The number of methoxy groups -OCH3 is 2. The number of aliphatic imine (C=N–C) groups is 1. The number of rotatable bonds is 10. The molecule has 0 saturated carbocycles. The zero-order valence-electron chi connectivity index (χ0n) is 23.7. The van der Waals surface area contributed by atoms with Crippen molar-refractivity contribution in [3.8, 4) is 23.0 Å². The van der Waals surface area contributed by atoms with Crippen LogP contribution in [0.1, 0.15) is 35.3 Å². The average molecular weight is 557 g/mol. The number of hydrogen-bond donors (Lipinski definition) is 0. The van der Waals surface area contributed by atoms with E-state index in [0.29, 0.717) is 51.8 Å². The molecule has 8 heteroatoms. The van der Waals surface area contributed by atoms with Gasteiger partial charge >= 0.3 is 0 Å². The number of aryl methyl sites for hydroxylation is 1. The summed E-state index contributed by atoms with van der Waals surface area (Å²) in [5, 5.41) is 0. The lowest BCUT2D eigenvalue weighted by molar-refractivity contribution is 0.0986. The van der Waals surface area contributed by atoms with Crippen LogP contribution in [0.5, 0.6) is 23.0 Å². The zero-order valence-corrected chi connectivity index (χ0v) is 23.7. The van der Waals surface area contributed by atoms with Crippen molar-refractivity contribution in [3.63, 3.8) is 0 Å². The summed E-state index contributed by atoms with van der Waals surface area (Å²) in [5.74, 6) is 1.26. The number of nitrogens with zero attached hydrogens (tertiary/aromatic N) is 2. The average Bonchev–Trinajstić information content (AvgIpc) is 3.29. The van der Waals surface area contributed by atoms with Gasteiger partial charge < -0.3 is 18.9 Å². The first-order valence-electron chi connectivity index (χ1n) is 13.5. The molecule has 0 saturated heterocycles. The summed E-state index contributed by atoms with van der Waals surface area (Å²) in [4.78, 5) is 20.0. The number of fused-ring (bicyclic) bond motifs is 4. The fourth-order valence-corrected chi connectivity index (χ4v) is 5.10. The van der Waals surface area contributed by atoms with Crippen LogP contribution in [0.4, 0.5) is 15.8 Å². The fraction of sp³-hybridized carbons (Fsp3) is 0.273. The number of hydrogen-bond acceptors (Lipinski definition) is 6. The van der Waals surface area contributed by atoms with Crippen LogP contribution in [-0.4, -0.2) is 45.6 Å². The van der Waals surface area contributed by atoms with Crippen LogP contribution in [0.2, 0.25) is 0 Å². The predicted molar refractivity (Wildman–Crippen MR) is 158 cm³/mol. The molecule has 0 radical (unpaired) electrons. The molecule has 0 bridgehead atoms. The number of halogens is 1. The van der Waals surface area contributed by atoms with Crippen LogP contribution < -0.4 is 23.8 Å². The molecule has 2 heterocycles. The Bertz CT molecular complexity index is 1560. The smallest absolute Gasteiger partial charge is 0.261 e. The van der Waals surface area contributed by atoms with Crippen molar-refractivity contribution in [2.45, 2.75) is 32.7 Å². The Morgan fingerprint density at radius 2 is 1.76 bits per heavy atom. The molecule has 3 aromatic rings. The van der Waals surface area contributed by atoms with E-state index in [1.807, 2.05) is 50.4 Å². The molecule has 1 atom stereocenters. The van der Waals surface area contributed by atoms with Gasteiger partial charge in [-0.1, -0.05) is 37.8 Å². The molecule has 0 N–H and O–H groups in total. The summed E-state index contributed by atoms with van der Waals surface area (Å²) in [6, 6.07) is 14.2. The van der Waals surface area contributed by atoms with Gasteiger partial charge in [0.2, 0.25) is 0 Å². The maximum atomic E-state index is 14.3. The number of benzene rings is 3. The van der Waals surface area contributed by atoms with Gasteiger partial charge in [-0.3, -0.25) is 14.7 Å². The normalized spacial score (nSPS) is 15.5. The Labute approximate surface area is 239 Å². The quantitative estimate of drug-likeness (QED) is 0.262. The number of carbonyl (C=O) groups is 1. The third-order valence-corrected chi connectivity index (χ3v) is 7.16. The molecule has 0 aliphatic carbocycles. The highest BCUT2D eigenvalue weighted by molar-refractivity contribution is 6.14. The van der Waals surface area contributed by atoms with E-state index in [1.54, 1.807) is 30.2 Å². The summed E-state index contributed by atoms with van der Waals surface area (Å²) in [5.41, 5.74) is 5.16. The van der Waals surface area contributed by atoms with E-state index in [1.165, 1.54) is 13.2 Å². The van der Waals surface area contributed by atoms with Crippen molar-refractivity contribution >= 4 is 23.5 Å². The standard InChI is InChI=1S/C33H33FN2O5/c1-6-22-13-29(38-4)31(15-26(22)34)40-18-20(2)11-21(3)19-41-32-16-27-25(14-30(32)39-5)33(37)36-24(17-35-27)12-23-9-7-8-10-28(23)36/h7-11,13-17,24H,2,6,12,18-19H2,1,3-5H3/b21-11+. The molecule has 2 aliphatic rings. The van der Waals surface area contributed by atoms with Gasteiger partial charge in [-0.25, -0.2) is 4.39 Å². The molecule has 5 rings (SSSR count). The summed E-state index contributed by atoms with van der Waals surface area (Å²) in [6.07, 6.45) is 4.96. The monoisotopic (exact) mass is 556 g/mol. The first kappa shape index (κ1) is 28.0. The van der Waals surface area contributed by atoms with E-state index in [-0.39, 0.29) is 31.0 Å². The highest BCUT2D eigenvalue weighted by Gasteiger charge is 2.36. The number of anilines is 1. The van der Waals surface area contributed by atoms with Gasteiger partial charge in [0.05, 0.1) is 31.5 Å². The van der Waals surface area contributed by atoms with Gasteiger partial charge in [-0.05, 0) is 53.8 Å². The van der Waals surface area contributed by atoms with Gasteiger partial charge in [0.1, 0.15) is 19.0 Å². The summed E-state index contributed by atoms with van der Waals surface area (Å²) < 4.78 is 37.1. The molecular weight excluding hydrogens is 523 g/mol. The van der Waals surface area contributed by atoms with E-state index in [0.717, 1.165) is 23.2 Å². The maximum absolute atomic E-state index is 14.3. The van der Waals surface area contributed by atoms with Crippen LogP contribution in [-0.2, 0) is 12.8 Å². The number of amides is 1. The van der Waals surface area contributed by atoms with Crippen LogP contribution >= 0.6 is 0 Å². The van der Waals surface area contributed by atoms with Crippen molar-refractivity contribution in [2.24, 2.45) is 4.99 Å². The molecule has 2 aliphatic heterocycles. The van der Waals surface area contributed by atoms with E-state index in [9.17, 15) is 9.18 Å². The lowest BCUT2D eigenvalue weighted by atomic mass is 10.1. The molecule has 1 unspecified atom stereocenters. The molecule has 7 nitrogen and oxygen atoms in total. The lowest BCUT2D eigenvalue weighted by Crippen LogP contribution is -2.37. The maximum Gasteiger partial charge on any atom is 0.261 e. The first-order chi connectivity index (χ1) is 19.8. The largest absolute Gasteiger partial charge is 0.493 e. The van der Waals surface area contributed by atoms with E-state index >= 15 is 0 Å². The molecule has 0 aromatic heterocycles. The minimum atomic E-state index is -0.333. The highest BCUT2D eigenvalue weighted by atomic mass is 19.1. The second kappa shape index (κ2) is 11.9. The van der Waals surface area contributed by atoms with Crippen molar-refractivity contribution in [1.82, 2.24) is 0 Å². The lowest BCUT2D eigenvalue weighted by Gasteiger charge is -2.22. The SMILES string of the molecule is C=C(/C=C(\C)COc1cc2c(cc1OC)C(=O)N1c3ccccc3CC1C=N2)COc1cc(F)c(CC)cc1OC. The fourth-order valence-electron chi connectivity index (χ4n) is 5.10. The molecule has 1 amide bonds. The van der Waals surface area contributed by atoms with Gasteiger partial charge in [-0.2, -0.15) is 0 Å². The summed E-state index contributed by atoms with van der Waals surface area (Å²) in [7, 11) is 3.06. The molecule has 41 heavy (non-hydrogen) atoms. The van der Waals surface area contributed by atoms with Crippen LogP contribution in [0.3, 0.4) is 0 Å². The van der Waals surface area contributed by atoms with Crippen molar-refractivity contribution < 1.29 is 28.1 Å².